The van der Waals surface area contributed by atoms with Gasteiger partial charge in [0.1, 0.15) is 0 Å². The van der Waals surface area contributed by atoms with Crippen molar-refractivity contribution in [1.82, 2.24) is 5.32 Å². The lowest BCUT2D eigenvalue weighted by atomic mass is 9.70. The first-order valence-electron chi connectivity index (χ1n) is 8.06. The van der Waals surface area contributed by atoms with Crippen LogP contribution in [0.4, 0.5) is 0 Å². The normalized spacial score (nSPS) is 23.2. The van der Waals surface area contributed by atoms with E-state index >= 15 is 0 Å². The molecular weight excluding hydrogens is 266 g/mol. The Hall–Kier alpha value is -2.28. The maximum absolute atomic E-state index is 3.85. The molecule has 2 aromatic carbocycles. The standard InChI is InChI=1S/C21H19N/c1-21(2)17-11-13-7-4-6-10-16(13)20(17)22-18-12-14-8-3-5-9-15(14)19(18)21/h3-11,20,22H,12H2,1-2H3. The van der Waals surface area contributed by atoms with Crippen molar-refractivity contribution >= 4 is 11.6 Å². The fourth-order valence-electron chi connectivity index (χ4n) is 4.54. The molecule has 0 saturated heterocycles. The lowest BCUT2D eigenvalue weighted by Gasteiger charge is -2.40. The van der Waals surface area contributed by atoms with Crippen LogP contribution >= 0.6 is 0 Å². The van der Waals surface area contributed by atoms with E-state index in [4.69, 9.17) is 0 Å². The Morgan fingerprint density at radius 1 is 1.00 bits per heavy atom. The van der Waals surface area contributed by atoms with Crippen LogP contribution in [0.3, 0.4) is 0 Å². The average molecular weight is 285 g/mol. The summed E-state index contributed by atoms with van der Waals surface area (Å²) in [5.74, 6) is 0. The van der Waals surface area contributed by atoms with E-state index in [1.54, 1.807) is 0 Å². The molecule has 5 rings (SSSR count). The predicted octanol–water partition coefficient (Wildman–Crippen LogP) is 4.72. The van der Waals surface area contributed by atoms with Crippen LogP contribution in [0, 0.1) is 5.41 Å². The molecule has 1 nitrogen and oxygen atoms in total. The molecule has 1 aliphatic heterocycles. The molecule has 1 heterocycles. The summed E-state index contributed by atoms with van der Waals surface area (Å²) < 4.78 is 0. The summed E-state index contributed by atoms with van der Waals surface area (Å²) in [7, 11) is 0. The van der Waals surface area contributed by atoms with Gasteiger partial charge in [0, 0.05) is 17.5 Å². The maximum atomic E-state index is 3.85. The Labute approximate surface area is 131 Å². The van der Waals surface area contributed by atoms with Crippen LogP contribution in [0.25, 0.3) is 11.6 Å². The summed E-state index contributed by atoms with van der Waals surface area (Å²) in [4.78, 5) is 0. The second kappa shape index (κ2) is 3.92. The fourth-order valence-corrected chi connectivity index (χ4v) is 4.54. The summed E-state index contributed by atoms with van der Waals surface area (Å²) in [5.41, 5.74) is 10.2. The van der Waals surface area contributed by atoms with Crippen LogP contribution in [0.15, 0.2) is 59.8 Å². The van der Waals surface area contributed by atoms with Crippen molar-refractivity contribution < 1.29 is 0 Å². The first-order valence-corrected chi connectivity index (χ1v) is 8.06. The summed E-state index contributed by atoms with van der Waals surface area (Å²) in [6.07, 6.45) is 3.44. The Balaban J connectivity index is 1.72. The highest BCUT2D eigenvalue weighted by atomic mass is 15.0. The van der Waals surface area contributed by atoms with Gasteiger partial charge in [0.25, 0.3) is 0 Å². The van der Waals surface area contributed by atoms with Crippen LogP contribution in [0.1, 0.15) is 42.1 Å². The van der Waals surface area contributed by atoms with Crippen LogP contribution in [0.2, 0.25) is 0 Å². The highest BCUT2D eigenvalue weighted by Gasteiger charge is 2.45. The van der Waals surface area contributed by atoms with Gasteiger partial charge in [-0.15, -0.1) is 0 Å². The number of nitrogens with one attached hydrogen (secondary N) is 1. The van der Waals surface area contributed by atoms with Gasteiger partial charge in [-0.1, -0.05) is 68.5 Å². The van der Waals surface area contributed by atoms with Crippen LogP contribution < -0.4 is 5.32 Å². The Morgan fingerprint density at radius 3 is 2.68 bits per heavy atom. The topological polar surface area (TPSA) is 12.0 Å². The van der Waals surface area contributed by atoms with Gasteiger partial charge in [-0.2, -0.15) is 0 Å². The Bertz CT molecular complexity index is 867. The largest absolute Gasteiger partial charge is 0.377 e. The first kappa shape index (κ1) is 12.3. The number of hydrogen-bond donors (Lipinski definition) is 1. The molecule has 22 heavy (non-hydrogen) atoms. The van der Waals surface area contributed by atoms with E-state index in [0.29, 0.717) is 6.04 Å². The van der Waals surface area contributed by atoms with Crippen molar-refractivity contribution in [1.29, 1.82) is 0 Å². The highest BCUT2D eigenvalue weighted by Crippen LogP contribution is 2.56. The Kier molecular flexibility index (Phi) is 2.19. The van der Waals surface area contributed by atoms with Gasteiger partial charge >= 0.3 is 0 Å². The summed E-state index contributed by atoms with van der Waals surface area (Å²) in [6, 6.07) is 18.0. The third-order valence-electron chi connectivity index (χ3n) is 5.55. The molecule has 0 amide bonds. The monoisotopic (exact) mass is 285 g/mol. The number of benzene rings is 2. The molecule has 108 valence electrons. The summed E-state index contributed by atoms with van der Waals surface area (Å²) in [5, 5.41) is 3.85. The fraction of sp³-hybridized carbons (Fsp3) is 0.238. The third kappa shape index (κ3) is 1.39. The van der Waals surface area contributed by atoms with Gasteiger partial charge < -0.3 is 5.32 Å². The molecule has 0 spiro atoms. The second-order valence-electron chi connectivity index (χ2n) is 7.12. The minimum Gasteiger partial charge on any atom is -0.377 e. The van der Waals surface area contributed by atoms with Crippen molar-refractivity contribution in [2.45, 2.75) is 26.3 Å². The van der Waals surface area contributed by atoms with Crippen LogP contribution in [0.5, 0.6) is 0 Å². The second-order valence-corrected chi connectivity index (χ2v) is 7.12. The zero-order chi connectivity index (χ0) is 14.9. The highest BCUT2D eigenvalue weighted by molar-refractivity contribution is 5.86. The summed E-state index contributed by atoms with van der Waals surface area (Å²) >= 11 is 0. The van der Waals surface area contributed by atoms with E-state index in [-0.39, 0.29) is 5.41 Å². The number of allylic oxidation sites excluding steroid dienone is 2. The molecule has 1 N–H and O–H groups in total. The molecule has 1 atom stereocenters. The first-order chi connectivity index (χ1) is 10.7. The van der Waals surface area contributed by atoms with Crippen molar-refractivity contribution in [3.63, 3.8) is 0 Å². The molecular formula is C21H19N. The molecule has 0 fully saturated rings. The SMILES string of the molecule is CC1(C)C2=Cc3ccccc3C2NC2=C1c1ccccc1C2. The minimum atomic E-state index is 0.0802. The zero-order valence-electron chi connectivity index (χ0n) is 13.0. The van der Waals surface area contributed by atoms with Crippen molar-refractivity contribution in [2.24, 2.45) is 5.41 Å². The quantitative estimate of drug-likeness (QED) is 0.738. The molecule has 3 aliphatic rings. The minimum absolute atomic E-state index is 0.0802. The number of rotatable bonds is 0. The number of hydrogen-bond acceptors (Lipinski definition) is 1. The number of fused-ring (bicyclic) bond motifs is 5. The third-order valence-corrected chi connectivity index (χ3v) is 5.55. The lowest BCUT2D eigenvalue weighted by molar-refractivity contribution is 0.490. The maximum Gasteiger partial charge on any atom is 0.0742 e. The zero-order valence-corrected chi connectivity index (χ0v) is 13.0. The van der Waals surface area contributed by atoms with Gasteiger partial charge in [0.15, 0.2) is 0 Å². The Morgan fingerprint density at radius 2 is 1.77 bits per heavy atom. The van der Waals surface area contributed by atoms with Gasteiger partial charge in [-0.05, 0) is 33.4 Å². The summed E-state index contributed by atoms with van der Waals surface area (Å²) in [6.45, 7) is 4.77. The van der Waals surface area contributed by atoms with Crippen LogP contribution in [-0.2, 0) is 6.42 Å². The molecule has 1 unspecified atom stereocenters. The molecule has 1 heteroatoms. The van der Waals surface area contributed by atoms with Gasteiger partial charge in [-0.25, -0.2) is 0 Å². The van der Waals surface area contributed by atoms with Crippen molar-refractivity contribution in [3.8, 4) is 0 Å². The van der Waals surface area contributed by atoms with Crippen LogP contribution in [-0.4, -0.2) is 0 Å². The van der Waals surface area contributed by atoms with Gasteiger partial charge in [0.05, 0.1) is 6.04 Å². The molecule has 0 saturated carbocycles. The van der Waals surface area contributed by atoms with E-state index in [9.17, 15) is 0 Å². The molecule has 0 aromatic heterocycles. The van der Waals surface area contributed by atoms with E-state index in [1.165, 1.54) is 39.1 Å². The van der Waals surface area contributed by atoms with Gasteiger partial charge in [0.2, 0.25) is 0 Å². The van der Waals surface area contributed by atoms with E-state index < -0.39 is 0 Å². The lowest BCUT2D eigenvalue weighted by Crippen LogP contribution is -2.34. The smallest absolute Gasteiger partial charge is 0.0742 e. The van der Waals surface area contributed by atoms with E-state index in [2.05, 4.69) is 73.8 Å². The van der Waals surface area contributed by atoms with Crippen molar-refractivity contribution in [2.75, 3.05) is 0 Å². The van der Waals surface area contributed by atoms with E-state index in [0.717, 1.165) is 6.42 Å². The van der Waals surface area contributed by atoms with E-state index in [1.807, 2.05) is 0 Å². The molecule has 2 aromatic rings. The molecule has 0 bridgehead atoms. The molecule has 2 aliphatic carbocycles. The van der Waals surface area contributed by atoms with Gasteiger partial charge in [-0.3, -0.25) is 0 Å². The van der Waals surface area contributed by atoms with Crippen molar-refractivity contribution in [3.05, 3.63) is 82.1 Å². The average Bonchev–Trinajstić information content (AvgIpc) is 3.07. The molecule has 0 radical (unpaired) electrons. The predicted molar refractivity (Wildman–Crippen MR) is 91.1 cm³/mol.